The van der Waals surface area contributed by atoms with Gasteiger partial charge >= 0.3 is 0 Å². The Kier molecular flexibility index (Phi) is 2.29. The largest absolute Gasteiger partial charge is 0.320 e. The van der Waals surface area contributed by atoms with E-state index in [1.165, 1.54) is 0 Å². The number of aldehydes is 1. The lowest BCUT2D eigenvalue weighted by Crippen LogP contribution is -2.53. The Balaban J connectivity index is 2.19. The summed E-state index contributed by atoms with van der Waals surface area (Å²) in [5.74, 6) is 0.672. The maximum Gasteiger partial charge on any atom is 0.241 e. The van der Waals surface area contributed by atoms with Crippen molar-refractivity contribution in [3.63, 3.8) is 0 Å². The number of carbonyl (C=O) groups is 2. The Morgan fingerprint density at radius 3 is 3.00 bits per heavy atom. The van der Waals surface area contributed by atoms with Crippen LogP contribution in [0.4, 0.5) is 0 Å². The minimum absolute atomic E-state index is 0.0571. The lowest BCUT2D eigenvalue weighted by atomic mass is 10.0. The van der Waals surface area contributed by atoms with Crippen LogP contribution in [0.25, 0.3) is 0 Å². The van der Waals surface area contributed by atoms with Crippen molar-refractivity contribution in [3.05, 3.63) is 0 Å². The van der Waals surface area contributed by atoms with Crippen LogP contribution in [0, 0.1) is 0 Å². The van der Waals surface area contributed by atoms with Crippen LogP contribution in [0.3, 0.4) is 0 Å². The lowest BCUT2D eigenvalue weighted by Gasteiger charge is -2.34. The number of amides is 1. The monoisotopic (exact) mass is 200 g/mol. The molecule has 0 bridgehead atoms. The van der Waals surface area contributed by atoms with E-state index in [-0.39, 0.29) is 17.3 Å². The van der Waals surface area contributed by atoms with Gasteiger partial charge in [0.15, 0.2) is 0 Å². The van der Waals surface area contributed by atoms with Gasteiger partial charge in [0.2, 0.25) is 5.91 Å². The summed E-state index contributed by atoms with van der Waals surface area (Å²) in [4.78, 5) is 23.9. The second-order valence-electron chi connectivity index (χ2n) is 3.42. The van der Waals surface area contributed by atoms with Crippen LogP contribution >= 0.6 is 11.8 Å². The number of carbonyl (C=O) groups excluding carboxylic acids is 2. The summed E-state index contributed by atoms with van der Waals surface area (Å²) in [7, 11) is 0. The standard InChI is InChI=1S/C8H12N2O2S/c9-6-1-2-7-10(8(6)12)5(3-11)4-13-7/h3,5-7H,1-2,4,9H2. The first-order valence-electron chi connectivity index (χ1n) is 4.38. The molecular weight excluding hydrogens is 188 g/mol. The number of hydrogen-bond donors (Lipinski definition) is 1. The van der Waals surface area contributed by atoms with Gasteiger partial charge in [0.25, 0.3) is 0 Å². The molecule has 0 aromatic rings. The molecule has 0 aliphatic carbocycles. The summed E-state index contributed by atoms with van der Waals surface area (Å²) in [5, 5.41) is 0.197. The number of hydrogen-bond acceptors (Lipinski definition) is 4. The molecule has 2 aliphatic rings. The van der Waals surface area contributed by atoms with Crippen molar-refractivity contribution in [1.82, 2.24) is 4.90 Å². The Morgan fingerprint density at radius 2 is 2.31 bits per heavy atom. The summed E-state index contributed by atoms with van der Waals surface area (Å²) in [5.41, 5.74) is 5.63. The van der Waals surface area contributed by atoms with Gasteiger partial charge in [-0.05, 0) is 12.8 Å². The minimum atomic E-state index is -0.391. The van der Waals surface area contributed by atoms with E-state index in [9.17, 15) is 9.59 Å². The summed E-state index contributed by atoms with van der Waals surface area (Å²) < 4.78 is 0. The van der Waals surface area contributed by atoms with Gasteiger partial charge in [0.1, 0.15) is 6.29 Å². The highest BCUT2D eigenvalue weighted by Crippen LogP contribution is 2.35. The zero-order valence-electron chi connectivity index (χ0n) is 7.18. The van der Waals surface area contributed by atoms with Crippen LogP contribution in [-0.2, 0) is 9.59 Å². The fourth-order valence-electron chi connectivity index (χ4n) is 1.85. The van der Waals surface area contributed by atoms with E-state index in [4.69, 9.17) is 5.73 Å². The van der Waals surface area contributed by atoms with Crippen LogP contribution in [-0.4, -0.2) is 40.3 Å². The second kappa shape index (κ2) is 3.31. The van der Waals surface area contributed by atoms with Gasteiger partial charge < -0.3 is 15.4 Å². The number of thioether (sulfide) groups is 1. The van der Waals surface area contributed by atoms with Crippen molar-refractivity contribution in [2.24, 2.45) is 5.73 Å². The van der Waals surface area contributed by atoms with Crippen molar-refractivity contribution in [1.29, 1.82) is 0 Å². The van der Waals surface area contributed by atoms with E-state index in [0.717, 1.165) is 24.9 Å². The first-order chi connectivity index (χ1) is 6.24. The molecule has 0 aromatic carbocycles. The molecule has 0 spiro atoms. The predicted molar refractivity (Wildman–Crippen MR) is 50.2 cm³/mol. The van der Waals surface area contributed by atoms with E-state index in [1.807, 2.05) is 0 Å². The number of nitrogens with zero attached hydrogens (tertiary/aromatic N) is 1. The molecule has 3 atom stereocenters. The SMILES string of the molecule is NC1CCC2SCC(C=O)N2C1=O. The van der Waals surface area contributed by atoms with Crippen LogP contribution in [0.15, 0.2) is 0 Å². The van der Waals surface area contributed by atoms with Crippen molar-refractivity contribution in [3.8, 4) is 0 Å². The number of piperidine rings is 1. The van der Waals surface area contributed by atoms with Crippen molar-refractivity contribution >= 4 is 24.0 Å². The van der Waals surface area contributed by atoms with Crippen molar-refractivity contribution in [2.45, 2.75) is 30.3 Å². The zero-order valence-corrected chi connectivity index (χ0v) is 8.00. The van der Waals surface area contributed by atoms with Crippen LogP contribution in [0.5, 0.6) is 0 Å². The normalized spacial score (nSPS) is 39.0. The number of nitrogens with two attached hydrogens (primary N) is 1. The lowest BCUT2D eigenvalue weighted by molar-refractivity contribution is -0.139. The fourth-order valence-corrected chi connectivity index (χ4v) is 3.24. The molecule has 2 saturated heterocycles. The topological polar surface area (TPSA) is 63.4 Å². The average Bonchev–Trinajstić information content (AvgIpc) is 2.55. The molecule has 0 saturated carbocycles. The Labute approximate surface area is 80.8 Å². The molecule has 0 radical (unpaired) electrons. The van der Waals surface area contributed by atoms with Gasteiger partial charge in [-0.1, -0.05) is 0 Å². The van der Waals surface area contributed by atoms with Gasteiger partial charge in [-0.15, -0.1) is 11.8 Å². The third-order valence-electron chi connectivity index (χ3n) is 2.58. The van der Waals surface area contributed by atoms with Crippen LogP contribution in [0.2, 0.25) is 0 Å². The van der Waals surface area contributed by atoms with E-state index in [1.54, 1.807) is 16.7 Å². The third-order valence-corrected chi connectivity index (χ3v) is 3.96. The molecule has 13 heavy (non-hydrogen) atoms. The van der Waals surface area contributed by atoms with E-state index < -0.39 is 6.04 Å². The van der Waals surface area contributed by atoms with E-state index >= 15 is 0 Å². The Hall–Kier alpha value is -0.550. The first-order valence-corrected chi connectivity index (χ1v) is 5.43. The molecule has 2 N–H and O–H groups in total. The van der Waals surface area contributed by atoms with E-state index in [0.29, 0.717) is 0 Å². The highest BCUT2D eigenvalue weighted by atomic mass is 32.2. The molecule has 0 aromatic heterocycles. The number of rotatable bonds is 1. The van der Waals surface area contributed by atoms with Crippen molar-refractivity contribution < 1.29 is 9.59 Å². The number of fused-ring (bicyclic) bond motifs is 1. The molecular formula is C8H12N2O2S. The smallest absolute Gasteiger partial charge is 0.241 e. The maximum absolute atomic E-state index is 11.6. The van der Waals surface area contributed by atoms with Gasteiger partial charge in [0.05, 0.1) is 17.5 Å². The second-order valence-corrected chi connectivity index (χ2v) is 4.63. The first kappa shape index (κ1) is 9.02. The molecule has 5 heteroatoms. The Morgan fingerprint density at radius 1 is 1.54 bits per heavy atom. The van der Waals surface area contributed by atoms with Gasteiger partial charge in [0, 0.05) is 5.75 Å². The quantitative estimate of drug-likeness (QED) is 0.584. The molecule has 2 rings (SSSR count). The molecule has 2 aliphatic heterocycles. The Bertz CT molecular complexity index is 246. The highest BCUT2D eigenvalue weighted by molar-refractivity contribution is 8.00. The predicted octanol–water partition coefficient (Wildman–Crippen LogP) is -0.424. The van der Waals surface area contributed by atoms with Gasteiger partial charge in [-0.3, -0.25) is 4.79 Å². The zero-order chi connectivity index (χ0) is 9.42. The van der Waals surface area contributed by atoms with Gasteiger partial charge in [-0.2, -0.15) is 0 Å². The average molecular weight is 200 g/mol. The van der Waals surface area contributed by atoms with Crippen molar-refractivity contribution in [2.75, 3.05) is 5.75 Å². The summed E-state index contributed by atoms with van der Waals surface area (Å²) in [6.07, 6.45) is 2.52. The van der Waals surface area contributed by atoms with Crippen LogP contribution < -0.4 is 5.73 Å². The third kappa shape index (κ3) is 1.36. The molecule has 2 heterocycles. The molecule has 3 unspecified atom stereocenters. The molecule has 2 fully saturated rings. The fraction of sp³-hybridized carbons (Fsp3) is 0.750. The summed E-state index contributed by atoms with van der Waals surface area (Å²) >= 11 is 1.68. The van der Waals surface area contributed by atoms with E-state index in [2.05, 4.69) is 0 Å². The summed E-state index contributed by atoms with van der Waals surface area (Å²) in [6.45, 7) is 0. The van der Waals surface area contributed by atoms with Crippen LogP contribution in [0.1, 0.15) is 12.8 Å². The molecule has 1 amide bonds. The highest BCUT2D eigenvalue weighted by Gasteiger charge is 2.42. The summed E-state index contributed by atoms with van der Waals surface area (Å²) in [6, 6.07) is -0.633. The molecule has 4 nitrogen and oxygen atoms in total. The maximum atomic E-state index is 11.6. The van der Waals surface area contributed by atoms with Gasteiger partial charge in [-0.25, -0.2) is 0 Å². The molecule has 72 valence electrons. The minimum Gasteiger partial charge on any atom is -0.320 e.